The van der Waals surface area contributed by atoms with Crippen LogP contribution < -0.4 is 5.73 Å². The standard InChI is InChI=1S/C21H20N2O2/c1-15(11-12-22)21(17-7-9-19(10-8-17)23(24)25)20-14-18(20)13-16-5-3-2-4-6-16/h2-12,14,20H,13,22H2,1H3/b12-11-,21-15-/t20-/m1/s1. The zero-order valence-corrected chi connectivity index (χ0v) is 14.1. The van der Waals surface area contributed by atoms with Crippen molar-refractivity contribution in [2.75, 3.05) is 0 Å². The van der Waals surface area contributed by atoms with Gasteiger partial charge in [-0.3, -0.25) is 10.1 Å². The van der Waals surface area contributed by atoms with Crippen molar-refractivity contribution in [2.45, 2.75) is 13.3 Å². The van der Waals surface area contributed by atoms with Crippen molar-refractivity contribution >= 4 is 11.3 Å². The van der Waals surface area contributed by atoms with E-state index >= 15 is 0 Å². The molecular formula is C21H20N2O2. The van der Waals surface area contributed by atoms with Crippen LogP contribution in [0.3, 0.4) is 0 Å². The fourth-order valence-corrected chi connectivity index (χ4v) is 3.08. The van der Waals surface area contributed by atoms with E-state index in [-0.39, 0.29) is 16.5 Å². The molecule has 1 atom stereocenters. The first-order valence-electron chi connectivity index (χ1n) is 8.18. The van der Waals surface area contributed by atoms with Crippen molar-refractivity contribution in [3.63, 3.8) is 0 Å². The van der Waals surface area contributed by atoms with Crippen molar-refractivity contribution in [2.24, 2.45) is 11.7 Å². The van der Waals surface area contributed by atoms with Crippen LogP contribution >= 0.6 is 0 Å². The molecule has 2 N–H and O–H groups in total. The summed E-state index contributed by atoms with van der Waals surface area (Å²) in [6.45, 7) is 2.02. The van der Waals surface area contributed by atoms with Gasteiger partial charge < -0.3 is 5.73 Å². The predicted molar refractivity (Wildman–Crippen MR) is 101 cm³/mol. The molecule has 4 heteroatoms. The van der Waals surface area contributed by atoms with Crippen LogP contribution in [-0.4, -0.2) is 4.92 Å². The Morgan fingerprint density at radius 2 is 1.84 bits per heavy atom. The Balaban J connectivity index is 1.85. The molecule has 0 saturated carbocycles. The zero-order valence-electron chi connectivity index (χ0n) is 14.1. The van der Waals surface area contributed by atoms with E-state index in [1.165, 1.54) is 17.3 Å². The number of nitro groups is 1. The van der Waals surface area contributed by atoms with E-state index in [0.29, 0.717) is 0 Å². The van der Waals surface area contributed by atoms with Crippen molar-refractivity contribution in [1.82, 2.24) is 0 Å². The van der Waals surface area contributed by atoms with Gasteiger partial charge in [0.15, 0.2) is 0 Å². The molecular weight excluding hydrogens is 312 g/mol. The van der Waals surface area contributed by atoms with E-state index in [1.54, 1.807) is 12.1 Å². The highest BCUT2D eigenvalue weighted by Gasteiger charge is 2.30. The molecule has 1 aliphatic rings. The van der Waals surface area contributed by atoms with Crippen LogP contribution in [0.2, 0.25) is 0 Å². The number of rotatable bonds is 6. The summed E-state index contributed by atoms with van der Waals surface area (Å²) in [4.78, 5) is 10.5. The average Bonchev–Trinajstić information content (AvgIpc) is 3.35. The first-order chi connectivity index (χ1) is 12.1. The molecule has 2 aromatic rings. The van der Waals surface area contributed by atoms with Crippen LogP contribution in [0.15, 0.2) is 84.1 Å². The van der Waals surface area contributed by atoms with Crippen molar-refractivity contribution in [1.29, 1.82) is 0 Å². The number of allylic oxidation sites excluding steroid dienone is 5. The fourth-order valence-electron chi connectivity index (χ4n) is 3.08. The van der Waals surface area contributed by atoms with E-state index in [4.69, 9.17) is 5.73 Å². The molecule has 0 spiro atoms. The molecule has 126 valence electrons. The molecule has 3 rings (SSSR count). The van der Waals surface area contributed by atoms with E-state index in [0.717, 1.165) is 23.1 Å². The molecule has 0 fully saturated rings. The maximum atomic E-state index is 10.9. The lowest BCUT2D eigenvalue weighted by Crippen LogP contribution is -1.97. The molecule has 0 unspecified atom stereocenters. The second-order valence-corrected chi connectivity index (χ2v) is 6.14. The molecule has 4 nitrogen and oxygen atoms in total. The van der Waals surface area contributed by atoms with Crippen LogP contribution in [0.5, 0.6) is 0 Å². The molecule has 25 heavy (non-hydrogen) atoms. The van der Waals surface area contributed by atoms with Crippen LogP contribution in [0.25, 0.3) is 5.57 Å². The van der Waals surface area contributed by atoms with Gasteiger partial charge in [-0.05, 0) is 60.0 Å². The lowest BCUT2D eigenvalue weighted by molar-refractivity contribution is -0.384. The number of nitrogens with two attached hydrogens (primary N) is 1. The van der Waals surface area contributed by atoms with Gasteiger partial charge in [-0.25, -0.2) is 0 Å². The van der Waals surface area contributed by atoms with Crippen LogP contribution in [-0.2, 0) is 6.42 Å². The summed E-state index contributed by atoms with van der Waals surface area (Å²) in [5.41, 5.74) is 11.5. The van der Waals surface area contributed by atoms with Gasteiger partial charge in [-0.1, -0.05) is 42.0 Å². The lowest BCUT2D eigenvalue weighted by atomic mass is 9.92. The van der Waals surface area contributed by atoms with Gasteiger partial charge in [0.25, 0.3) is 5.69 Å². The molecule has 0 heterocycles. The summed E-state index contributed by atoms with van der Waals surface area (Å²) >= 11 is 0. The molecule has 0 radical (unpaired) electrons. The number of nitro benzene ring substituents is 1. The monoisotopic (exact) mass is 332 g/mol. The van der Waals surface area contributed by atoms with Gasteiger partial charge in [0.1, 0.15) is 0 Å². The van der Waals surface area contributed by atoms with E-state index in [2.05, 4.69) is 18.2 Å². The Morgan fingerprint density at radius 1 is 1.16 bits per heavy atom. The molecule has 0 aliphatic heterocycles. The molecule has 0 amide bonds. The third-order valence-electron chi connectivity index (χ3n) is 4.39. The summed E-state index contributed by atoms with van der Waals surface area (Å²) in [5, 5.41) is 10.9. The zero-order chi connectivity index (χ0) is 17.8. The summed E-state index contributed by atoms with van der Waals surface area (Å²) in [5.74, 6) is 0.262. The first-order valence-corrected chi connectivity index (χ1v) is 8.18. The van der Waals surface area contributed by atoms with Gasteiger partial charge in [-0.15, -0.1) is 0 Å². The van der Waals surface area contributed by atoms with Crippen molar-refractivity contribution < 1.29 is 4.92 Å². The summed E-state index contributed by atoms with van der Waals surface area (Å²) in [6, 6.07) is 17.1. The maximum Gasteiger partial charge on any atom is 0.269 e. The predicted octanol–water partition coefficient (Wildman–Crippen LogP) is 4.64. The van der Waals surface area contributed by atoms with Gasteiger partial charge in [0, 0.05) is 18.1 Å². The summed E-state index contributed by atoms with van der Waals surface area (Å²) < 4.78 is 0. The Labute approximate surface area is 147 Å². The topological polar surface area (TPSA) is 69.2 Å². The summed E-state index contributed by atoms with van der Waals surface area (Å²) in [7, 11) is 0. The highest BCUT2D eigenvalue weighted by atomic mass is 16.6. The minimum absolute atomic E-state index is 0.100. The average molecular weight is 332 g/mol. The Hall–Kier alpha value is -3.14. The number of nitrogens with zero attached hydrogens (tertiary/aromatic N) is 1. The normalized spacial score (nSPS) is 17.2. The van der Waals surface area contributed by atoms with Crippen LogP contribution in [0, 0.1) is 16.0 Å². The SMILES string of the molecule is CC(/C=C\N)=C(\c1ccc([N+](=O)[O-])cc1)[C@@H]1C=C1Cc1ccccc1. The summed E-state index contributed by atoms with van der Waals surface area (Å²) in [6.07, 6.45) is 6.57. The smallest absolute Gasteiger partial charge is 0.269 e. The van der Waals surface area contributed by atoms with Crippen LogP contribution in [0.4, 0.5) is 5.69 Å². The van der Waals surface area contributed by atoms with Gasteiger partial charge in [0.2, 0.25) is 0 Å². The van der Waals surface area contributed by atoms with Gasteiger partial charge in [-0.2, -0.15) is 0 Å². The third-order valence-corrected chi connectivity index (χ3v) is 4.39. The number of hydrogen-bond acceptors (Lipinski definition) is 3. The first kappa shape index (κ1) is 16.7. The van der Waals surface area contributed by atoms with Gasteiger partial charge in [0.05, 0.1) is 4.92 Å². The molecule has 0 aromatic heterocycles. The second kappa shape index (κ2) is 7.18. The highest BCUT2D eigenvalue weighted by molar-refractivity contribution is 5.80. The Kier molecular flexibility index (Phi) is 4.80. The van der Waals surface area contributed by atoms with Crippen molar-refractivity contribution in [3.05, 3.63) is 105 Å². The lowest BCUT2D eigenvalue weighted by Gasteiger charge is -2.12. The Bertz CT molecular complexity index is 863. The third kappa shape index (κ3) is 3.86. The maximum absolute atomic E-state index is 10.9. The second-order valence-electron chi connectivity index (χ2n) is 6.14. The van der Waals surface area contributed by atoms with Crippen LogP contribution in [0.1, 0.15) is 18.1 Å². The molecule has 1 aliphatic carbocycles. The quantitative estimate of drug-likeness (QED) is 0.362. The van der Waals surface area contributed by atoms with Gasteiger partial charge >= 0.3 is 0 Å². The number of hydrogen-bond donors (Lipinski definition) is 1. The largest absolute Gasteiger partial charge is 0.405 e. The minimum Gasteiger partial charge on any atom is -0.405 e. The van der Waals surface area contributed by atoms with E-state index < -0.39 is 0 Å². The Morgan fingerprint density at radius 3 is 2.44 bits per heavy atom. The number of non-ortho nitro benzene ring substituents is 1. The highest BCUT2D eigenvalue weighted by Crippen LogP contribution is 2.44. The fraction of sp³-hybridized carbons (Fsp3) is 0.143. The van der Waals surface area contributed by atoms with Crippen molar-refractivity contribution in [3.8, 4) is 0 Å². The molecule has 0 saturated heterocycles. The number of benzene rings is 2. The molecule has 0 bridgehead atoms. The minimum atomic E-state index is -0.379. The van der Waals surface area contributed by atoms with E-state index in [1.807, 2.05) is 43.3 Å². The molecule has 2 aromatic carbocycles. The van der Waals surface area contributed by atoms with E-state index in [9.17, 15) is 10.1 Å².